The SMILES string of the molecule is Cc1ccccc1Nc1nc(N)nc(CSCC(=O)N(C)Cc2cccs2)n1. The van der Waals surface area contributed by atoms with Crippen LogP contribution in [0.25, 0.3) is 0 Å². The predicted molar refractivity (Wildman–Crippen MR) is 116 cm³/mol. The standard InChI is InChI=1S/C19H22N6OS2/c1-13-6-3-4-8-15(13)21-19-23-16(22-18(20)24-19)11-27-12-17(26)25(2)10-14-7-5-9-28-14/h3-9H,10-12H2,1-2H3,(H3,20,21,22,23,24). The molecule has 1 aromatic carbocycles. The van der Waals surface area contributed by atoms with Crippen molar-refractivity contribution in [2.24, 2.45) is 0 Å². The van der Waals surface area contributed by atoms with Crippen LogP contribution in [0, 0.1) is 6.92 Å². The molecule has 3 rings (SSSR count). The van der Waals surface area contributed by atoms with E-state index in [1.807, 2.05) is 55.7 Å². The minimum Gasteiger partial charge on any atom is -0.368 e. The van der Waals surface area contributed by atoms with Gasteiger partial charge in [-0.2, -0.15) is 15.0 Å². The number of thiophene rings is 1. The summed E-state index contributed by atoms with van der Waals surface area (Å²) in [4.78, 5) is 27.9. The second kappa shape index (κ2) is 9.52. The van der Waals surface area contributed by atoms with Crippen molar-refractivity contribution in [2.75, 3.05) is 23.9 Å². The minimum absolute atomic E-state index is 0.0682. The van der Waals surface area contributed by atoms with Crippen LogP contribution in [0.3, 0.4) is 0 Å². The number of anilines is 3. The number of nitrogens with two attached hydrogens (primary N) is 1. The van der Waals surface area contributed by atoms with E-state index < -0.39 is 0 Å². The van der Waals surface area contributed by atoms with E-state index in [0.717, 1.165) is 16.1 Å². The second-order valence-corrected chi connectivity index (χ2v) is 8.21. The molecule has 0 saturated heterocycles. The molecule has 0 aliphatic heterocycles. The molecule has 0 atom stereocenters. The van der Waals surface area contributed by atoms with Gasteiger partial charge < -0.3 is 16.0 Å². The number of aryl methyl sites for hydroxylation is 1. The summed E-state index contributed by atoms with van der Waals surface area (Å²) in [5.41, 5.74) is 7.82. The van der Waals surface area contributed by atoms with Gasteiger partial charge in [0.1, 0.15) is 5.82 Å². The first-order valence-electron chi connectivity index (χ1n) is 8.68. The van der Waals surface area contributed by atoms with Crippen molar-refractivity contribution in [1.29, 1.82) is 0 Å². The number of carbonyl (C=O) groups excluding carboxylic acids is 1. The zero-order valence-corrected chi connectivity index (χ0v) is 17.4. The number of hydrogen-bond acceptors (Lipinski definition) is 8. The fourth-order valence-corrected chi connectivity index (χ4v) is 4.02. The summed E-state index contributed by atoms with van der Waals surface area (Å²) < 4.78 is 0. The number of nitrogens with one attached hydrogen (secondary N) is 1. The van der Waals surface area contributed by atoms with Crippen molar-refractivity contribution >= 4 is 46.6 Å². The molecule has 146 valence electrons. The summed E-state index contributed by atoms with van der Waals surface area (Å²) in [5.74, 6) is 2.00. The molecule has 3 aromatic rings. The van der Waals surface area contributed by atoms with Crippen LogP contribution in [0.15, 0.2) is 41.8 Å². The highest BCUT2D eigenvalue weighted by Gasteiger charge is 2.12. The highest BCUT2D eigenvalue weighted by Crippen LogP contribution is 2.19. The maximum atomic E-state index is 12.3. The number of carbonyl (C=O) groups is 1. The van der Waals surface area contributed by atoms with Gasteiger partial charge in [-0.3, -0.25) is 4.79 Å². The van der Waals surface area contributed by atoms with Gasteiger partial charge >= 0.3 is 0 Å². The maximum Gasteiger partial charge on any atom is 0.232 e. The van der Waals surface area contributed by atoms with Crippen molar-refractivity contribution < 1.29 is 4.79 Å². The lowest BCUT2D eigenvalue weighted by atomic mass is 10.2. The second-order valence-electron chi connectivity index (χ2n) is 6.20. The third kappa shape index (κ3) is 5.67. The number of hydrogen-bond donors (Lipinski definition) is 2. The van der Waals surface area contributed by atoms with Crippen LogP contribution >= 0.6 is 23.1 Å². The summed E-state index contributed by atoms with van der Waals surface area (Å²) in [6, 6.07) is 11.9. The zero-order valence-electron chi connectivity index (χ0n) is 15.8. The van der Waals surface area contributed by atoms with Gasteiger partial charge in [-0.25, -0.2) is 0 Å². The molecule has 3 N–H and O–H groups in total. The molecule has 0 fully saturated rings. The maximum absolute atomic E-state index is 12.3. The Kier molecular flexibility index (Phi) is 6.83. The van der Waals surface area contributed by atoms with Gasteiger partial charge in [0.25, 0.3) is 0 Å². The minimum atomic E-state index is 0.0682. The van der Waals surface area contributed by atoms with Crippen LogP contribution < -0.4 is 11.1 Å². The van der Waals surface area contributed by atoms with Crippen LogP contribution in [0.1, 0.15) is 16.3 Å². The molecule has 2 heterocycles. The number of thioether (sulfide) groups is 1. The Morgan fingerprint density at radius 1 is 1.21 bits per heavy atom. The van der Waals surface area contributed by atoms with Gasteiger partial charge in [0.2, 0.25) is 17.8 Å². The quantitative estimate of drug-likeness (QED) is 0.582. The Hall–Kier alpha value is -2.65. The molecule has 2 aromatic heterocycles. The summed E-state index contributed by atoms with van der Waals surface area (Å²) in [5, 5.41) is 5.18. The largest absolute Gasteiger partial charge is 0.368 e. The van der Waals surface area contributed by atoms with Crippen LogP contribution in [0.5, 0.6) is 0 Å². The monoisotopic (exact) mass is 414 g/mol. The number of nitrogen functional groups attached to an aromatic ring is 1. The zero-order chi connectivity index (χ0) is 19.9. The lowest BCUT2D eigenvalue weighted by Gasteiger charge is -2.15. The van der Waals surface area contributed by atoms with Gasteiger partial charge in [-0.05, 0) is 30.0 Å². The molecule has 0 bridgehead atoms. The lowest BCUT2D eigenvalue weighted by molar-refractivity contribution is -0.127. The summed E-state index contributed by atoms with van der Waals surface area (Å²) in [6.45, 7) is 2.63. The van der Waals surface area contributed by atoms with E-state index in [2.05, 4.69) is 20.3 Å². The van der Waals surface area contributed by atoms with E-state index in [0.29, 0.717) is 29.8 Å². The summed E-state index contributed by atoms with van der Waals surface area (Å²) >= 11 is 3.10. The van der Waals surface area contributed by atoms with Crippen molar-refractivity contribution in [3.8, 4) is 0 Å². The van der Waals surface area contributed by atoms with Crippen molar-refractivity contribution in [3.63, 3.8) is 0 Å². The topological polar surface area (TPSA) is 97.0 Å². The first-order chi connectivity index (χ1) is 13.5. The van der Waals surface area contributed by atoms with E-state index >= 15 is 0 Å². The predicted octanol–water partition coefficient (Wildman–Crippen LogP) is 3.46. The number of nitrogens with zero attached hydrogens (tertiary/aromatic N) is 4. The third-order valence-corrected chi connectivity index (χ3v) is 5.72. The number of amides is 1. The Balaban J connectivity index is 1.55. The van der Waals surface area contributed by atoms with Crippen molar-refractivity contribution in [1.82, 2.24) is 19.9 Å². The van der Waals surface area contributed by atoms with Crippen molar-refractivity contribution in [3.05, 3.63) is 58.0 Å². The van der Waals surface area contributed by atoms with E-state index in [1.54, 1.807) is 16.2 Å². The van der Waals surface area contributed by atoms with Gasteiger partial charge in [0.15, 0.2) is 0 Å². The number of para-hydroxylation sites is 1. The van der Waals surface area contributed by atoms with Crippen LogP contribution in [0.4, 0.5) is 17.6 Å². The molecule has 0 radical (unpaired) electrons. The van der Waals surface area contributed by atoms with Crippen molar-refractivity contribution in [2.45, 2.75) is 19.2 Å². The molecule has 0 saturated carbocycles. The number of aromatic nitrogens is 3. The number of benzene rings is 1. The number of rotatable bonds is 8. The average Bonchev–Trinajstić information content (AvgIpc) is 3.16. The lowest BCUT2D eigenvalue weighted by Crippen LogP contribution is -2.27. The smallest absolute Gasteiger partial charge is 0.232 e. The Labute approximate surface area is 172 Å². The summed E-state index contributed by atoms with van der Waals surface area (Å²) in [7, 11) is 1.81. The van der Waals surface area contributed by atoms with Crippen LogP contribution in [-0.4, -0.2) is 38.6 Å². The highest BCUT2D eigenvalue weighted by molar-refractivity contribution is 7.99. The normalized spacial score (nSPS) is 10.6. The Morgan fingerprint density at radius 3 is 2.79 bits per heavy atom. The Bertz CT molecular complexity index is 932. The average molecular weight is 415 g/mol. The van der Waals surface area contributed by atoms with Crippen LogP contribution in [0.2, 0.25) is 0 Å². The third-order valence-electron chi connectivity index (χ3n) is 3.95. The van der Waals surface area contributed by atoms with E-state index in [1.165, 1.54) is 11.8 Å². The van der Waals surface area contributed by atoms with E-state index in [-0.39, 0.29) is 11.9 Å². The fraction of sp³-hybridized carbons (Fsp3) is 0.263. The van der Waals surface area contributed by atoms with Gasteiger partial charge in [-0.15, -0.1) is 23.1 Å². The molecular weight excluding hydrogens is 392 g/mol. The van der Waals surface area contributed by atoms with Crippen LogP contribution in [-0.2, 0) is 17.1 Å². The fourth-order valence-electron chi connectivity index (χ4n) is 2.46. The highest BCUT2D eigenvalue weighted by atomic mass is 32.2. The summed E-state index contributed by atoms with van der Waals surface area (Å²) in [6.07, 6.45) is 0. The van der Waals surface area contributed by atoms with Gasteiger partial charge in [0.05, 0.1) is 18.1 Å². The van der Waals surface area contributed by atoms with Gasteiger partial charge in [-0.1, -0.05) is 24.3 Å². The molecule has 7 nitrogen and oxygen atoms in total. The molecule has 0 spiro atoms. The first-order valence-corrected chi connectivity index (χ1v) is 10.7. The first kappa shape index (κ1) is 20.1. The molecular formula is C19H22N6OS2. The Morgan fingerprint density at radius 2 is 2.04 bits per heavy atom. The molecule has 0 unspecified atom stereocenters. The molecule has 0 aliphatic rings. The molecule has 1 amide bonds. The molecule has 0 aliphatic carbocycles. The molecule has 28 heavy (non-hydrogen) atoms. The van der Waals surface area contributed by atoms with E-state index in [9.17, 15) is 4.79 Å². The molecule has 9 heteroatoms. The van der Waals surface area contributed by atoms with Gasteiger partial charge in [0, 0.05) is 17.6 Å². The van der Waals surface area contributed by atoms with E-state index in [4.69, 9.17) is 5.73 Å².